The number of nitrogens with two attached hydrogens (primary N) is 1. The Kier molecular flexibility index (Phi) is 4.06. The second-order valence-electron chi connectivity index (χ2n) is 5.25. The van der Waals surface area contributed by atoms with E-state index in [0.29, 0.717) is 5.69 Å². The molecule has 0 aliphatic carbocycles. The standard InChI is InChI=1S/C17H18N2OS/c18-15-4-1-3-13(11-15)6-7-17(20)19-9-2-5-16(19)14-8-10-21-12-14/h1,3-4,6-8,10-12,16H,2,5,9,18H2/b7-6+. The molecule has 1 saturated heterocycles. The molecule has 2 N–H and O–H groups in total. The number of rotatable bonds is 3. The number of likely N-dealkylation sites (tertiary alicyclic amines) is 1. The summed E-state index contributed by atoms with van der Waals surface area (Å²) in [5.41, 5.74) is 8.66. The molecule has 108 valence electrons. The molecule has 1 amide bonds. The lowest BCUT2D eigenvalue weighted by Gasteiger charge is -2.22. The summed E-state index contributed by atoms with van der Waals surface area (Å²) in [7, 11) is 0. The molecule has 1 aliphatic rings. The minimum absolute atomic E-state index is 0.0751. The van der Waals surface area contributed by atoms with Crippen molar-refractivity contribution in [2.75, 3.05) is 12.3 Å². The highest BCUT2D eigenvalue weighted by molar-refractivity contribution is 7.07. The number of nitrogens with zero attached hydrogens (tertiary/aromatic N) is 1. The summed E-state index contributed by atoms with van der Waals surface area (Å²) in [5, 5.41) is 4.21. The maximum Gasteiger partial charge on any atom is 0.247 e. The molecule has 1 fully saturated rings. The third kappa shape index (κ3) is 3.16. The van der Waals surface area contributed by atoms with E-state index in [0.717, 1.165) is 24.9 Å². The fraction of sp³-hybridized carbons (Fsp3) is 0.235. The number of nitrogen functional groups attached to an aromatic ring is 1. The molecule has 1 atom stereocenters. The van der Waals surface area contributed by atoms with Gasteiger partial charge in [-0.25, -0.2) is 0 Å². The van der Waals surface area contributed by atoms with Crippen molar-refractivity contribution in [2.45, 2.75) is 18.9 Å². The molecule has 1 aliphatic heterocycles. The zero-order valence-corrected chi connectivity index (χ0v) is 12.6. The smallest absolute Gasteiger partial charge is 0.247 e. The van der Waals surface area contributed by atoms with Crippen LogP contribution in [0.2, 0.25) is 0 Å². The number of benzene rings is 1. The Bertz CT molecular complexity index is 649. The normalized spacial score (nSPS) is 18.5. The van der Waals surface area contributed by atoms with Crippen LogP contribution in [0.1, 0.15) is 30.0 Å². The number of hydrogen-bond donors (Lipinski definition) is 1. The molecular weight excluding hydrogens is 280 g/mol. The van der Waals surface area contributed by atoms with Gasteiger partial charge in [-0.3, -0.25) is 4.79 Å². The number of thiophene rings is 1. The molecule has 3 rings (SSSR count). The zero-order valence-electron chi connectivity index (χ0n) is 11.7. The third-order valence-electron chi connectivity index (χ3n) is 3.79. The van der Waals surface area contributed by atoms with Crippen molar-refractivity contribution in [1.82, 2.24) is 4.90 Å². The molecule has 4 heteroatoms. The van der Waals surface area contributed by atoms with Crippen LogP contribution in [0.4, 0.5) is 5.69 Å². The molecule has 2 heterocycles. The molecule has 0 saturated carbocycles. The minimum Gasteiger partial charge on any atom is -0.399 e. The Hall–Kier alpha value is -2.07. The molecule has 0 radical (unpaired) electrons. The average molecular weight is 298 g/mol. The lowest BCUT2D eigenvalue weighted by molar-refractivity contribution is -0.126. The first-order chi connectivity index (χ1) is 10.2. The van der Waals surface area contributed by atoms with Crippen molar-refractivity contribution in [1.29, 1.82) is 0 Å². The second kappa shape index (κ2) is 6.14. The highest BCUT2D eigenvalue weighted by Crippen LogP contribution is 2.33. The average Bonchev–Trinajstić information content (AvgIpc) is 3.14. The molecule has 1 unspecified atom stereocenters. The number of hydrogen-bond acceptors (Lipinski definition) is 3. The van der Waals surface area contributed by atoms with Gasteiger partial charge in [-0.15, -0.1) is 0 Å². The molecule has 0 spiro atoms. The fourth-order valence-electron chi connectivity index (χ4n) is 2.77. The van der Waals surface area contributed by atoms with Crippen molar-refractivity contribution in [3.8, 4) is 0 Å². The largest absolute Gasteiger partial charge is 0.399 e. The summed E-state index contributed by atoms with van der Waals surface area (Å²) < 4.78 is 0. The lowest BCUT2D eigenvalue weighted by Crippen LogP contribution is -2.28. The number of carbonyl (C=O) groups excluding carboxylic acids is 1. The van der Waals surface area contributed by atoms with Crippen molar-refractivity contribution >= 4 is 29.0 Å². The Labute approximate surface area is 128 Å². The summed E-state index contributed by atoms with van der Waals surface area (Å²) in [6.45, 7) is 0.834. The number of carbonyl (C=O) groups is 1. The van der Waals surface area contributed by atoms with Gasteiger partial charge in [0.1, 0.15) is 0 Å². The fourth-order valence-corrected chi connectivity index (χ4v) is 3.47. The maximum atomic E-state index is 12.4. The van der Waals surface area contributed by atoms with E-state index >= 15 is 0 Å². The predicted octanol–water partition coefficient (Wildman–Crippen LogP) is 3.71. The van der Waals surface area contributed by atoms with Crippen molar-refractivity contribution in [2.24, 2.45) is 0 Å². The Balaban J connectivity index is 1.73. The molecule has 3 nitrogen and oxygen atoms in total. The SMILES string of the molecule is Nc1cccc(/C=C/C(=O)N2CCCC2c2ccsc2)c1. The third-order valence-corrected chi connectivity index (χ3v) is 4.49. The first kappa shape index (κ1) is 13.9. The highest BCUT2D eigenvalue weighted by atomic mass is 32.1. The van der Waals surface area contributed by atoms with Crippen molar-refractivity contribution in [3.05, 3.63) is 58.3 Å². The van der Waals surface area contributed by atoms with Crippen molar-refractivity contribution in [3.63, 3.8) is 0 Å². The summed E-state index contributed by atoms with van der Waals surface area (Å²) in [6, 6.07) is 9.89. The Morgan fingerprint density at radius 3 is 3.05 bits per heavy atom. The van der Waals surface area contributed by atoms with E-state index < -0.39 is 0 Å². The van der Waals surface area contributed by atoms with Gasteiger partial charge in [0.2, 0.25) is 5.91 Å². The lowest BCUT2D eigenvalue weighted by atomic mass is 10.1. The first-order valence-electron chi connectivity index (χ1n) is 7.10. The summed E-state index contributed by atoms with van der Waals surface area (Å²) >= 11 is 1.68. The molecule has 1 aromatic heterocycles. The van der Waals surface area contributed by atoms with Gasteiger partial charge < -0.3 is 10.6 Å². The van der Waals surface area contributed by atoms with Crippen LogP contribution in [0, 0.1) is 0 Å². The molecule has 0 bridgehead atoms. The van der Waals surface area contributed by atoms with Gasteiger partial charge in [0.15, 0.2) is 0 Å². The summed E-state index contributed by atoms with van der Waals surface area (Å²) in [6.07, 6.45) is 5.61. The predicted molar refractivity (Wildman–Crippen MR) is 87.9 cm³/mol. The molecule has 1 aromatic carbocycles. The van der Waals surface area contributed by atoms with Gasteiger partial charge >= 0.3 is 0 Å². The van der Waals surface area contributed by atoms with Crippen LogP contribution in [0.5, 0.6) is 0 Å². The van der Waals surface area contributed by atoms with Crippen LogP contribution in [-0.4, -0.2) is 17.4 Å². The first-order valence-corrected chi connectivity index (χ1v) is 8.04. The quantitative estimate of drug-likeness (QED) is 0.693. The second-order valence-corrected chi connectivity index (χ2v) is 6.03. The van der Waals surface area contributed by atoms with Crippen LogP contribution < -0.4 is 5.73 Å². The summed E-state index contributed by atoms with van der Waals surface area (Å²) in [5.74, 6) is 0.0751. The van der Waals surface area contributed by atoms with Crippen LogP contribution in [0.25, 0.3) is 6.08 Å². The van der Waals surface area contributed by atoms with Gasteiger partial charge in [0.05, 0.1) is 6.04 Å². The monoisotopic (exact) mass is 298 g/mol. The molecular formula is C17H18N2OS. The van der Waals surface area contributed by atoms with E-state index in [2.05, 4.69) is 16.8 Å². The van der Waals surface area contributed by atoms with Gasteiger partial charge in [-0.05, 0) is 59.0 Å². The Morgan fingerprint density at radius 1 is 1.38 bits per heavy atom. The topological polar surface area (TPSA) is 46.3 Å². The van der Waals surface area contributed by atoms with E-state index in [1.165, 1.54) is 5.56 Å². The van der Waals surface area contributed by atoms with Gasteiger partial charge in [-0.1, -0.05) is 12.1 Å². The number of anilines is 1. The Morgan fingerprint density at radius 2 is 2.29 bits per heavy atom. The highest BCUT2D eigenvalue weighted by Gasteiger charge is 2.28. The molecule has 21 heavy (non-hydrogen) atoms. The van der Waals surface area contributed by atoms with Crippen LogP contribution in [0.15, 0.2) is 47.2 Å². The van der Waals surface area contributed by atoms with E-state index in [1.54, 1.807) is 17.4 Å². The van der Waals surface area contributed by atoms with E-state index in [4.69, 9.17) is 5.73 Å². The van der Waals surface area contributed by atoms with Gasteiger partial charge in [0, 0.05) is 18.3 Å². The van der Waals surface area contributed by atoms with Gasteiger partial charge in [-0.2, -0.15) is 11.3 Å². The van der Waals surface area contributed by atoms with Crippen LogP contribution in [0.3, 0.4) is 0 Å². The van der Waals surface area contributed by atoms with E-state index in [9.17, 15) is 4.79 Å². The minimum atomic E-state index is 0.0751. The van der Waals surface area contributed by atoms with Crippen LogP contribution in [-0.2, 0) is 4.79 Å². The van der Waals surface area contributed by atoms with E-state index in [-0.39, 0.29) is 11.9 Å². The van der Waals surface area contributed by atoms with Crippen molar-refractivity contribution < 1.29 is 4.79 Å². The molecule has 2 aromatic rings. The van der Waals surface area contributed by atoms with Crippen LogP contribution >= 0.6 is 11.3 Å². The number of amides is 1. The van der Waals surface area contributed by atoms with Gasteiger partial charge in [0.25, 0.3) is 0 Å². The summed E-state index contributed by atoms with van der Waals surface area (Å²) in [4.78, 5) is 14.4. The maximum absolute atomic E-state index is 12.4. The van der Waals surface area contributed by atoms with E-state index in [1.807, 2.05) is 35.2 Å². The zero-order chi connectivity index (χ0) is 14.7.